The summed E-state index contributed by atoms with van der Waals surface area (Å²) in [5.74, 6) is -0.357. The summed E-state index contributed by atoms with van der Waals surface area (Å²) >= 11 is 12.6. The van der Waals surface area contributed by atoms with Gasteiger partial charge in [-0.15, -0.1) is 0 Å². The van der Waals surface area contributed by atoms with Gasteiger partial charge in [-0.3, -0.25) is 9.98 Å². The molecule has 1 saturated heterocycles. The third kappa shape index (κ3) is 4.97. The molecule has 2 aromatic carbocycles. The van der Waals surface area contributed by atoms with Crippen molar-refractivity contribution in [1.82, 2.24) is 14.5 Å². The summed E-state index contributed by atoms with van der Waals surface area (Å²) in [6.07, 6.45) is 3.49. The van der Waals surface area contributed by atoms with Crippen LogP contribution in [0.3, 0.4) is 0 Å². The van der Waals surface area contributed by atoms with E-state index in [1.165, 1.54) is 12.1 Å². The molecule has 1 aliphatic carbocycles. The number of rotatable bonds is 4. The van der Waals surface area contributed by atoms with E-state index in [9.17, 15) is 4.39 Å². The minimum Gasteiger partial charge on any atom is -0.381 e. The number of pyridine rings is 1. The average molecular weight is 548 g/mol. The van der Waals surface area contributed by atoms with Gasteiger partial charge in [0.2, 0.25) is 0 Å². The van der Waals surface area contributed by atoms with Gasteiger partial charge in [0, 0.05) is 30.7 Å². The maximum absolute atomic E-state index is 14.5. The molecule has 6 nitrogen and oxygen atoms in total. The van der Waals surface area contributed by atoms with Gasteiger partial charge in [0.25, 0.3) is 0 Å². The highest BCUT2D eigenvalue weighted by molar-refractivity contribution is 6.42. The van der Waals surface area contributed by atoms with E-state index in [-0.39, 0.29) is 11.9 Å². The highest BCUT2D eigenvalue weighted by atomic mass is 35.5. The predicted octanol–water partition coefficient (Wildman–Crippen LogP) is 7.10. The van der Waals surface area contributed by atoms with E-state index in [1.54, 1.807) is 24.4 Å². The van der Waals surface area contributed by atoms with Crippen LogP contribution in [0.1, 0.15) is 18.5 Å². The quantitative estimate of drug-likeness (QED) is 0.243. The van der Waals surface area contributed by atoms with Crippen LogP contribution in [-0.2, 0) is 4.74 Å². The Kier molecular flexibility index (Phi) is 6.74. The molecule has 0 saturated carbocycles. The fourth-order valence-electron chi connectivity index (χ4n) is 4.68. The second kappa shape index (κ2) is 10.3. The zero-order valence-corrected chi connectivity index (χ0v) is 22.1. The van der Waals surface area contributed by atoms with Crippen LogP contribution < -0.4 is 10.7 Å². The van der Waals surface area contributed by atoms with Crippen molar-refractivity contribution < 1.29 is 9.13 Å². The minimum atomic E-state index is -0.357. The van der Waals surface area contributed by atoms with Crippen molar-refractivity contribution >= 4 is 45.6 Å². The second-order valence-electron chi connectivity index (χ2n) is 9.32. The summed E-state index contributed by atoms with van der Waals surface area (Å²) in [7, 11) is 0. The summed E-state index contributed by atoms with van der Waals surface area (Å²) < 4.78 is 22.0. The van der Waals surface area contributed by atoms with Gasteiger partial charge in [-0.1, -0.05) is 23.2 Å². The molecule has 192 valence electrons. The molecule has 3 heterocycles. The van der Waals surface area contributed by atoms with E-state index in [0.29, 0.717) is 40.0 Å². The Morgan fingerprint density at radius 3 is 2.61 bits per heavy atom. The molecule has 38 heavy (non-hydrogen) atoms. The molecule has 2 aliphatic heterocycles. The molecular weight excluding hydrogens is 524 g/mol. The highest BCUT2D eigenvalue weighted by Gasteiger charge is 2.19. The first kappa shape index (κ1) is 24.8. The van der Waals surface area contributed by atoms with Gasteiger partial charge in [-0.05, 0) is 74.4 Å². The largest absolute Gasteiger partial charge is 0.381 e. The zero-order valence-electron chi connectivity index (χ0n) is 20.6. The number of hydrogen-bond donors (Lipinski definition) is 1. The molecule has 9 heteroatoms. The number of hydrogen-bond acceptors (Lipinski definition) is 5. The molecule has 1 aromatic heterocycles. The van der Waals surface area contributed by atoms with Crippen LogP contribution in [0.4, 0.5) is 15.8 Å². The standard InChI is InChI=1S/C29H24Cl2FN5O/c1-17-2-4-20(16-33-17)35-25-14-27-29(15-26(25)34-19-8-10-38-11-9-19)37(21-5-6-22(30)23(31)13-21)28-12-18(32)3-7-24(28)36-27/h2-7,12-16,19,35H,8-11H2,1H3. The number of anilines is 2. The van der Waals surface area contributed by atoms with E-state index in [4.69, 9.17) is 37.9 Å². The van der Waals surface area contributed by atoms with Gasteiger partial charge in [0.1, 0.15) is 5.82 Å². The molecule has 0 radical (unpaired) electrons. The molecule has 1 fully saturated rings. The Hall–Kier alpha value is -3.52. The molecule has 0 atom stereocenters. The van der Waals surface area contributed by atoms with Crippen molar-refractivity contribution in [2.75, 3.05) is 18.5 Å². The number of halogens is 3. The topological polar surface area (TPSA) is 64.3 Å². The van der Waals surface area contributed by atoms with E-state index in [2.05, 4.69) is 10.3 Å². The summed E-state index contributed by atoms with van der Waals surface area (Å²) in [5, 5.41) is 5.10. The number of benzene rings is 3. The Labute approximate surface area is 229 Å². The lowest BCUT2D eigenvalue weighted by atomic mass is 10.1. The number of ether oxygens (including phenoxy) is 1. The third-order valence-corrected chi connectivity index (χ3v) is 7.36. The van der Waals surface area contributed by atoms with E-state index in [0.717, 1.165) is 46.6 Å². The summed E-state index contributed by atoms with van der Waals surface area (Å²) in [6.45, 7) is 3.31. The van der Waals surface area contributed by atoms with Crippen LogP contribution in [-0.4, -0.2) is 33.8 Å². The molecular formula is C29H24Cl2FN5O. The Bertz CT molecular complexity index is 1680. The van der Waals surface area contributed by atoms with Crippen LogP contribution in [0.25, 0.3) is 28.1 Å². The average Bonchev–Trinajstić information content (AvgIpc) is 2.91. The monoisotopic (exact) mass is 547 g/mol. The minimum absolute atomic E-state index is 0.127. The highest BCUT2D eigenvalue weighted by Crippen LogP contribution is 2.33. The maximum Gasteiger partial charge on any atom is 0.125 e. The first-order chi connectivity index (χ1) is 18.4. The van der Waals surface area contributed by atoms with Crippen molar-refractivity contribution in [1.29, 1.82) is 0 Å². The normalized spacial score (nSPS) is 14.9. The van der Waals surface area contributed by atoms with Crippen LogP contribution in [0.15, 0.2) is 71.9 Å². The van der Waals surface area contributed by atoms with Gasteiger partial charge in [-0.25, -0.2) is 9.37 Å². The van der Waals surface area contributed by atoms with Gasteiger partial charge in [-0.2, -0.15) is 0 Å². The second-order valence-corrected chi connectivity index (χ2v) is 10.1. The lowest BCUT2D eigenvalue weighted by Crippen LogP contribution is -2.23. The van der Waals surface area contributed by atoms with Crippen LogP contribution in [0.5, 0.6) is 0 Å². The van der Waals surface area contributed by atoms with Gasteiger partial charge < -0.3 is 14.6 Å². The summed E-state index contributed by atoms with van der Waals surface area (Å²) in [5.41, 5.74) is 6.05. The molecule has 3 aliphatic rings. The molecule has 3 aromatic rings. The van der Waals surface area contributed by atoms with Crippen molar-refractivity contribution in [2.45, 2.75) is 25.8 Å². The smallest absolute Gasteiger partial charge is 0.125 e. The molecule has 0 spiro atoms. The first-order valence-corrected chi connectivity index (χ1v) is 13.1. The molecule has 0 bridgehead atoms. The van der Waals surface area contributed by atoms with Crippen molar-refractivity contribution in [3.8, 4) is 17.1 Å². The van der Waals surface area contributed by atoms with Crippen molar-refractivity contribution in [3.63, 3.8) is 0 Å². The van der Waals surface area contributed by atoms with Gasteiger partial charge >= 0.3 is 0 Å². The maximum atomic E-state index is 14.5. The number of nitrogens with zero attached hydrogens (tertiary/aromatic N) is 4. The van der Waals surface area contributed by atoms with Gasteiger partial charge in [0.15, 0.2) is 0 Å². The molecule has 1 N–H and O–H groups in total. The number of fused-ring (bicyclic) bond motifs is 2. The SMILES string of the molecule is Cc1ccc(Nc2cc3nc4ccc(F)cc4n(-c4ccc(Cl)c(Cl)c4)c-3cc2=NC2CCOCC2)cn1. The third-order valence-electron chi connectivity index (χ3n) is 6.62. The van der Waals surface area contributed by atoms with Gasteiger partial charge in [0.05, 0.1) is 61.4 Å². The predicted molar refractivity (Wildman–Crippen MR) is 149 cm³/mol. The lowest BCUT2D eigenvalue weighted by molar-refractivity contribution is 0.0864. The number of nitrogens with one attached hydrogen (secondary N) is 1. The first-order valence-electron chi connectivity index (χ1n) is 12.4. The van der Waals surface area contributed by atoms with E-state index in [1.807, 2.05) is 41.8 Å². The van der Waals surface area contributed by atoms with E-state index >= 15 is 0 Å². The Morgan fingerprint density at radius 2 is 1.84 bits per heavy atom. The van der Waals surface area contributed by atoms with E-state index < -0.39 is 0 Å². The lowest BCUT2D eigenvalue weighted by Gasteiger charge is -2.22. The summed E-state index contributed by atoms with van der Waals surface area (Å²) in [6, 6.07) is 18.0. The molecule has 6 rings (SSSR count). The molecule has 0 amide bonds. The summed E-state index contributed by atoms with van der Waals surface area (Å²) in [4.78, 5) is 14.4. The van der Waals surface area contributed by atoms with Crippen LogP contribution in [0.2, 0.25) is 10.0 Å². The fourth-order valence-corrected chi connectivity index (χ4v) is 4.97. The van der Waals surface area contributed by atoms with Crippen molar-refractivity contribution in [2.24, 2.45) is 4.99 Å². The van der Waals surface area contributed by atoms with Crippen molar-refractivity contribution in [3.05, 3.63) is 93.8 Å². The van der Waals surface area contributed by atoms with Crippen LogP contribution in [0, 0.1) is 12.7 Å². The Morgan fingerprint density at radius 1 is 1.00 bits per heavy atom. The Balaban J connectivity index is 1.64. The molecule has 0 unspecified atom stereocenters. The number of aryl methyl sites for hydroxylation is 1. The zero-order chi connectivity index (χ0) is 26.2. The fraction of sp³-hybridized carbons (Fsp3) is 0.207. The van der Waals surface area contributed by atoms with Crippen LogP contribution >= 0.6 is 23.2 Å². The number of aromatic nitrogens is 3.